The number of aromatic hydroxyl groups is 1. The molecule has 0 aliphatic heterocycles. The van der Waals surface area contributed by atoms with Crippen LogP contribution in [-0.4, -0.2) is 38.4 Å². The molecular formula is C18H14N2O7. The van der Waals surface area contributed by atoms with E-state index in [1.165, 1.54) is 48.9 Å². The Bertz CT molecular complexity index is 1110. The van der Waals surface area contributed by atoms with Gasteiger partial charge in [0.25, 0.3) is 0 Å². The minimum absolute atomic E-state index is 0.000253. The summed E-state index contributed by atoms with van der Waals surface area (Å²) in [5.41, 5.74) is -0.194. The number of nitrogens with zero attached hydrogens (tertiary/aromatic N) is 2. The van der Waals surface area contributed by atoms with Crippen LogP contribution in [0, 0.1) is 17.0 Å². The van der Waals surface area contributed by atoms with E-state index < -0.39 is 16.7 Å². The standard InChI is InChI=1S/C18H14N2O7/c1-9-14(18(23)24)16-12(21)4-3-7-19(16)15(9)17(22)10-5-6-11(20(25)26)13(8-10)27-2/h3-8,21H,1-2H3,(H,23,24). The lowest BCUT2D eigenvalue weighted by Gasteiger charge is -2.07. The maximum atomic E-state index is 13.1. The number of aromatic carboxylic acids is 1. The fraction of sp³-hybridized carbons (Fsp3) is 0.111. The van der Waals surface area contributed by atoms with Gasteiger partial charge in [-0.1, -0.05) is 0 Å². The van der Waals surface area contributed by atoms with E-state index in [-0.39, 0.29) is 45.1 Å². The van der Waals surface area contributed by atoms with E-state index in [0.717, 1.165) is 6.07 Å². The van der Waals surface area contributed by atoms with E-state index in [4.69, 9.17) is 4.74 Å². The molecule has 2 aromatic heterocycles. The minimum atomic E-state index is -1.29. The van der Waals surface area contributed by atoms with Gasteiger partial charge in [-0.05, 0) is 36.8 Å². The lowest BCUT2D eigenvalue weighted by atomic mass is 10.0. The maximum absolute atomic E-state index is 13.1. The van der Waals surface area contributed by atoms with Gasteiger partial charge in [0.1, 0.15) is 11.3 Å². The molecule has 9 nitrogen and oxygen atoms in total. The summed E-state index contributed by atoms with van der Waals surface area (Å²) < 4.78 is 6.27. The van der Waals surface area contributed by atoms with Gasteiger partial charge >= 0.3 is 11.7 Å². The lowest BCUT2D eigenvalue weighted by Crippen LogP contribution is -2.08. The molecule has 1 aromatic carbocycles. The summed E-state index contributed by atoms with van der Waals surface area (Å²) in [6.45, 7) is 1.46. The quantitative estimate of drug-likeness (QED) is 0.401. The Labute approximate surface area is 152 Å². The Balaban J connectivity index is 2.26. The molecule has 0 fully saturated rings. The van der Waals surface area contributed by atoms with Gasteiger partial charge in [0.2, 0.25) is 5.78 Å². The van der Waals surface area contributed by atoms with Crippen molar-refractivity contribution in [3.8, 4) is 11.5 Å². The molecule has 0 aliphatic rings. The molecule has 2 N–H and O–H groups in total. The van der Waals surface area contributed by atoms with Crippen molar-refractivity contribution in [1.82, 2.24) is 4.40 Å². The summed E-state index contributed by atoms with van der Waals surface area (Å²) in [5.74, 6) is -2.22. The molecule has 0 atom stereocenters. The van der Waals surface area contributed by atoms with Gasteiger partial charge in [-0.2, -0.15) is 0 Å². The summed E-state index contributed by atoms with van der Waals surface area (Å²) in [7, 11) is 1.25. The second-order valence-corrected chi connectivity index (χ2v) is 5.74. The predicted molar refractivity (Wildman–Crippen MR) is 93.8 cm³/mol. The van der Waals surface area contributed by atoms with Crippen LogP contribution in [0.1, 0.15) is 32.0 Å². The number of ether oxygens (including phenoxy) is 1. The van der Waals surface area contributed by atoms with E-state index >= 15 is 0 Å². The first-order chi connectivity index (χ1) is 12.8. The number of nitro benzene ring substituents is 1. The molecule has 0 aliphatic carbocycles. The number of aromatic nitrogens is 1. The van der Waals surface area contributed by atoms with Crippen molar-refractivity contribution in [2.24, 2.45) is 0 Å². The first-order valence-electron chi connectivity index (χ1n) is 7.71. The van der Waals surface area contributed by atoms with Crippen molar-refractivity contribution in [3.63, 3.8) is 0 Å². The number of fused-ring (bicyclic) bond motifs is 1. The normalized spacial score (nSPS) is 10.7. The van der Waals surface area contributed by atoms with Gasteiger partial charge < -0.3 is 19.4 Å². The van der Waals surface area contributed by atoms with Crippen LogP contribution < -0.4 is 4.74 Å². The number of ketones is 1. The van der Waals surface area contributed by atoms with Gasteiger partial charge in [0.15, 0.2) is 5.75 Å². The van der Waals surface area contributed by atoms with Crippen molar-refractivity contribution in [2.75, 3.05) is 7.11 Å². The summed E-state index contributed by atoms with van der Waals surface area (Å²) in [4.78, 5) is 35.1. The molecular weight excluding hydrogens is 356 g/mol. The number of benzene rings is 1. The van der Waals surface area contributed by atoms with Crippen LogP contribution in [0.25, 0.3) is 5.52 Å². The lowest BCUT2D eigenvalue weighted by molar-refractivity contribution is -0.385. The van der Waals surface area contributed by atoms with Crippen LogP contribution in [-0.2, 0) is 0 Å². The van der Waals surface area contributed by atoms with Gasteiger partial charge in [0.05, 0.1) is 23.3 Å². The molecule has 27 heavy (non-hydrogen) atoms. The largest absolute Gasteiger partial charge is 0.506 e. The predicted octanol–water partition coefficient (Wildman–Crippen LogP) is 2.80. The Hall–Kier alpha value is -3.88. The van der Waals surface area contributed by atoms with Gasteiger partial charge in [-0.15, -0.1) is 0 Å². The third-order valence-electron chi connectivity index (χ3n) is 4.25. The highest BCUT2D eigenvalue weighted by Gasteiger charge is 2.28. The van der Waals surface area contributed by atoms with E-state index in [2.05, 4.69) is 0 Å². The Morgan fingerprint density at radius 2 is 1.96 bits per heavy atom. The van der Waals surface area contributed by atoms with Crippen LogP contribution in [0.3, 0.4) is 0 Å². The van der Waals surface area contributed by atoms with Gasteiger partial charge in [-0.3, -0.25) is 14.9 Å². The van der Waals surface area contributed by atoms with Gasteiger partial charge in [-0.25, -0.2) is 4.79 Å². The summed E-state index contributed by atoms with van der Waals surface area (Å²) in [6, 6.07) is 6.44. The number of carbonyl (C=O) groups is 2. The average Bonchev–Trinajstić information content (AvgIpc) is 2.93. The number of nitro groups is 1. The third kappa shape index (κ3) is 2.74. The molecule has 9 heteroatoms. The molecule has 2 heterocycles. The zero-order valence-corrected chi connectivity index (χ0v) is 14.3. The first-order valence-corrected chi connectivity index (χ1v) is 7.71. The molecule has 3 rings (SSSR count). The molecule has 0 radical (unpaired) electrons. The minimum Gasteiger partial charge on any atom is -0.506 e. The number of carboxylic acid groups (broad SMARTS) is 1. The third-order valence-corrected chi connectivity index (χ3v) is 4.25. The number of hydrogen-bond donors (Lipinski definition) is 2. The van der Waals surface area contributed by atoms with Crippen molar-refractivity contribution in [1.29, 1.82) is 0 Å². The number of pyridine rings is 1. The number of methoxy groups -OCH3 is 1. The number of carboxylic acids is 1. The maximum Gasteiger partial charge on any atom is 0.338 e. The van der Waals surface area contributed by atoms with Crippen LogP contribution in [0.4, 0.5) is 5.69 Å². The SMILES string of the molecule is COc1cc(C(=O)c2c(C)c(C(=O)O)c3c(O)cccn23)ccc1[N+](=O)[O-]. The molecule has 0 unspecified atom stereocenters. The van der Waals surface area contributed by atoms with E-state index in [1.54, 1.807) is 0 Å². The van der Waals surface area contributed by atoms with Crippen LogP contribution in [0.2, 0.25) is 0 Å². The molecule has 0 spiro atoms. The highest BCUT2D eigenvalue weighted by Crippen LogP contribution is 2.33. The Morgan fingerprint density at radius 1 is 1.26 bits per heavy atom. The first kappa shape index (κ1) is 17.9. The monoisotopic (exact) mass is 370 g/mol. The average molecular weight is 370 g/mol. The molecule has 0 bridgehead atoms. The smallest absolute Gasteiger partial charge is 0.338 e. The van der Waals surface area contributed by atoms with Crippen LogP contribution in [0.5, 0.6) is 11.5 Å². The van der Waals surface area contributed by atoms with Crippen molar-refractivity contribution in [2.45, 2.75) is 6.92 Å². The van der Waals surface area contributed by atoms with Gasteiger partial charge in [0, 0.05) is 17.8 Å². The van der Waals surface area contributed by atoms with Crippen molar-refractivity contribution in [3.05, 3.63) is 69.0 Å². The zero-order chi connectivity index (χ0) is 19.9. The Kier molecular flexibility index (Phi) is 4.28. The summed E-state index contributed by atoms with van der Waals surface area (Å²) in [5, 5.41) is 30.6. The number of carbonyl (C=O) groups excluding carboxylic acids is 1. The van der Waals surface area contributed by atoms with E-state index in [9.17, 15) is 29.9 Å². The number of hydrogen-bond acceptors (Lipinski definition) is 6. The van der Waals surface area contributed by atoms with E-state index in [1.807, 2.05) is 0 Å². The second-order valence-electron chi connectivity index (χ2n) is 5.74. The molecule has 0 saturated heterocycles. The molecule has 0 amide bonds. The van der Waals surface area contributed by atoms with Crippen LogP contribution >= 0.6 is 0 Å². The molecule has 138 valence electrons. The zero-order valence-electron chi connectivity index (χ0n) is 14.3. The van der Waals surface area contributed by atoms with Crippen LogP contribution in [0.15, 0.2) is 36.5 Å². The molecule has 3 aromatic rings. The molecule has 0 saturated carbocycles. The van der Waals surface area contributed by atoms with E-state index in [0.29, 0.717) is 0 Å². The topological polar surface area (TPSA) is 131 Å². The number of rotatable bonds is 5. The highest BCUT2D eigenvalue weighted by atomic mass is 16.6. The second kappa shape index (κ2) is 6.45. The summed E-state index contributed by atoms with van der Waals surface area (Å²) >= 11 is 0. The van der Waals surface area contributed by atoms with Crippen molar-refractivity contribution < 1.29 is 29.5 Å². The summed E-state index contributed by atoms with van der Waals surface area (Å²) in [6.07, 6.45) is 1.46. The highest BCUT2D eigenvalue weighted by molar-refractivity contribution is 6.13. The Morgan fingerprint density at radius 3 is 2.56 bits per heavy atom. The fourth-order valence-corrected chi connectivity index (χ4v) is 3.06. The van der Waals surface area contributed by atoms with Crippen molar-refractivity contribution >= 4 is 23.0 Å². The fourth-order valence-electron chi connectivity index (χ4n) is 3.06.